The molecule has 1 amide bonds. The molecule has 2 rings (SSSR count). The number of nitrogens with zero attached hydrogens (tertiary/aromatic N) is 2. The van der Waals surface area contributed by atoms with Gasteiger partial charge in [0, 0.05) is 11.8 Å². The summed E-state index contributed by atoms with van der Waals surface area (Å²) in [5.41, 5.74) is -3.08. The number of carbonyl (C=O) groups excluding carboxylic acids is 1. The Morgan fingerprint density at radius 1 is 1.25 bits per heavy atom. The Bertz CT molecular complexity index is 929. The number of aromatic carboxylic acids is 1. The molecule has 0 radical (unpaired) electrons. The fraction of sp³-hybridized carbons (Fsp3) is 0.294. The third kappa shape index (κ3) is 5.09. The Kier molecular flexibility index (Phi) is 5.48. The van der Waals surface area contributed by atoms with Gasteiger partial charge in [-0.05, 0) is 32.9 Å². The van der Waals surface area contributed by atoms with Crippen molar-refractivity contribution >= 4 is 17.9 Å². The number of amidine groups is 1. The molecule has 1 heterocycles. The quantitative estimate of drug-likeness (QED) is 0.541. The lowest BCUT2D eigenvalue weighted by molar-refractivity contribution is -0.141. The maximum atomic E-state index is 13.0. The number of benzene rings is 1. The molecule has 1 aromatic carbocycles. The van der Waals surface area contributed by atoms with Crippen LogP contribution in [0.1, 0.15) is 42.4 Å². The highest BCUT2D eigenvalue weighted by Gasteiger charge is 2.39. The number of carboxylic acid groups (broad SMARTS) is 1. The molecule has 0 saturated carbocycles. The Labute approximate surface area is 157 Å². The molecule has 0 bridgehead atoms. The molecule has 0 spiro atoms. The van der Waals surface area contributed by atoms with Crippen molar-refractivity contribution in [3.63, 3.8) is 0 Å². The van der Waals surface area contributed by atoms with Crippen LogP contribution in [0.15, 0.2) is 30.5 Å². The summed E-state index contributed by atoms with van der Waals surface area (Å²) in [7, 11) is 0. The number of ether oxygens (including phenoxy) is 1. The molecule has 0 aliphatic carbocycles. The monoisotopic (exact) mass is 398 g/mol. The van der Waals surface area contributed by atoms with Crippen LogP contribution in [0.25, 0.3) is 5.69 Å². The summed E-state index contributed by atoms with van der Waals surface area (Å²) >= 11 is 0. The maximum Gasteiger partial charge on any atom is 0.436 e. The van der Waals surface area contributed by atoms with E-state index in [2.05, 4.69) is 10.4 Å². The third-order valence-electron chi connectivity index (χ3n) is 3.24. The third-order valence-corrected chi connectivity index (χ3v) is 3.24. The van der Waals surface area contributed by atoms with Crippen molar-refractivity contribution in [3.8, 4) is 5.69 Å². The van der Waals surface area contributed by atoms with E-state index in [1.54, 1.807) is 20.8 Å². The minimum atomic E-state index is -4.94. The summed E-state index contributed by atoms with van der Waals surface area (Å²) in [5, 5.41) is 22.4. The van der Waals surface area contributed by atoms with E-state index in [1.807, 2.05) is 0 Å². The van der Waals surface area contributed by atoms with Gasteiger partial charge in [0.15, 0.2) is 5.69 Å². The lowest BCUT2D eigenvalue weighted by Crippen LogP contribution is -2.36. The molecule has 0 aliphatic heterocycles. The highest BCUT2D eigenvalue weighted by molar-refractivity contribution is 6.04. The molecule has 1 aromatic heterocycles. The molecule has 0 fully saturated rings. The number of nitrogens with one attached hydrogen (secondary N) is 2. The Balaban J connectivity index is 2.32. The molecule has 0 atom stereocenters. The van der Waals surface area contributed by atoms with Crippen LogP contribution in [0.5, 0.6) is 0 Å². The van der Waals surface area contributed by atoms with Crippen LogP contribution in [0.3, 0.4) is 0 Å². The normalized spacial score (nSPS) is 11.8. The van der Waals surface area contributed by atoms with Crippen LogP contribution in [0.4, 0.5) is 18.0 Å². The number of hydrogen-bond donors (Lipinski definition) is 3. The summed E-state index contributed by atoms with van der Waals surface area (Å²) in [4.78, 5) is 22.8. The first-order valence-electron chi connectivity index (χ1n) is 7.87. The number of rotatable bonds is 3. The van der Waals surface area contributed by atoms with Crippen LogP contribution >= 0.6 is 0 Å². The van der Waals surface area contributed by atoms with E-state index in [9.17, 15) is 22.8 Å². The minimum absolute atomic E-state index is 0.0752. The second-order valence-corrected chi connectivity index (χ2v) is 6.69. The fourth-order valence-electron chi connectivity index (χ4n) is 2.15. The maximum absolute atomic E-state index is 13.0. The summed E-state index contributed by atoms with van der Waals surface area (Å²) in [6.07, 6.45) is -5.08. The van der Waals surface area contributed by atoms with Crippen molar-refractivity contribution in [2.75, 3.05) is 0 Å². The van der Waals surface area contributed by atoms with Gasteiger partial charge < -0.3 is 9.84 Å². The zero-order valence-corrected chi connectivity index (χ0v) is 15.1. The Hall–Kier alpha value is -3.37. The van der Waals surface area contributed by atoms with Crippen molar-refractivity contribution in [2.24, 2.45) is 0 Å². The highest BCUT2D eigenvalue weighted by atomic mass is 19.4. The van der Waals surface area contributed by atoms with Gasteiger partial charge in [-0.3, -0.25) is 10.7 Å². The van der Waals surface area contributed by atoms with Gasteiger partial charge in [-0.2, -0.15) is 18.3 Å². The molecule has 0 aliphatic rings. The predicted molar refractivity (Wildman–Crippen MR) is 91.7 cm³/mol. The van der Waals surface area contributed by atoms with Crippen molar-refractivity contribution < 1.29 is 32.6 Å². The van der Waals surface area contributed by atoms with E-state index in [4.69, 9.17) is 15.3 Å². The number of halogens is 3. The van der Waals surface area contributed by atoms with Gasteiger partial charge in [-0.1, -0.05) is 12.1 Å². The summed E-state index contributed by atoms with van der Waals surface area (Å²) < 4.78 is 44.7. The molecule has 150 valence electrons. The first-order valence-corrected chi connectivity index (χ1v) is 7.87. The average molecular weight is 398 g/mol. The standard InChI is InChI=1S/C17H17F3N4O4/c1-16(2,3)28-15(27)22-13(21)9-5-4-6-10(7-9)24-8-11(14(25)26)12(23-24)17(18,19)20/h4-8H,1-3H3,(H,25,26)(H2,21,22,27). The smallest absolute Gasteiger partial charge is 0.436 e. The van der Waals surface area contributed by atoms with Crippen molar-refractivity contribution in [3.05, 3.63) is 47.3 Å². The number of alkyl halides is 3. The van der Waals surface area contributed by atoms with Gasteiger partial charge in [0.2, 0.25) is 0 Å². The minimum Gasteiger partial charge on any atom is -0.478 e. The van der Waals surface area contributed by atoms with Crippen LogP contribution < -0.4 is 5.32 Å². The number of hydrogen-bond acceptors (Lipinski definition) is 5. The summed E-state index contributed by atoms with van der Waals surface area (Å²) in [5.74, 6) is -2.12. The van der Waals surface area contributed by atoms with Gasteiger partial charge in [0.25, 0.3) is 0 Å². The molecular weight excluding hydrogens is 381 g/mol. The van der Waals surface area contributed by atoms with Crippen LogP contribution in [-0.2, 0) is 10.9 Å². The van der Waals surface area contributed by atoms with Gasteiger partial charge >= 0.3 is 18.2 Å². The molecule has 2 aromatic rings. The zero-order chi connectivity index (χ0) is 21.3. The van der Waals surface area contributed by atoms with Crippen LogP contribution in [0.2, 0.25) is 0 Å². The van der Waals surface area contributed by atoms with Gasteiger partial charge in [-0.25, -0.2) is 14.3 Å². The topological polar surface area (TPSA) is 117 Å². The molecule has 0 saturated heterocycles. The molecular formula is C17H17F3N4O4. The summed E-state index contributed by atoms with van der Waals surface area (Å²) in [6, 6.07) is 5.52. The SMILES string of the molecule is CC(C)(C)OC(=O)NC(=N)c1cccc(-n2cc(C(=O)O)c(C(F)(F)F)n2)c1. The molecule has 0 unspecified atom stereocenters. The highest BCUT2D eigenvalue weighted by Crippen LogP contribution is 2.31. The van der Waals surface area contributed by atoms with E-state index in [0.717, 1.165) is 10.9 Å². The number of carboxylic acids is 1. The lowest BCUT2D eigenvalue weighted by atomic mass is 10.2. The molecule has 3 N–H and O–H groups in total. The van der Waals surface area contributed by atoms with E-state index in [1.165, 1.54) is 24.3 Å². The van der Waals surface area contributed by atoms with Gasteiger partial charge in [-0.15, -0.1) is 0 Å². The molecule has 8 nitrogen and oxygen atoms in total. The van der Waals surface area contributed by atoms with Crippen LogP contribution in [0, 0.1) is 5.41 Å². The predicted octanol–water partition coefficient (Wildman–Crippen LogP) is 3.44. The van der Waals surface area contributed by atoms with Crippen molar-refractivity contribution in [1.29, 1.82) is 5.41 Å². The fourth-order valence-corrected chi connectivity index (χ4v) is 2.15. The zero-order valence-electron chi connectivity index (χ0n) is 15.1. The van der Waals surface area contributed by atoms with E-state index < -0.39 is 35.1 Å². The first kappa shape index (κ1) is 20.9. The van der Waals surface area contributed by atoms with E-state index in [0.29, 0.717) is 0 Å². The number of carbonyl (C=O) groups is 2. The van der Waals surface area contributed by atoms with E-state index in [-0.39, 0.29) is 17.1 Å². The average Bonchev–Trinajstić information content (AvgIpc) is 2.99. The van der Waals surface area contributed by atoms with E-state index >= 15 is 0 Å². The van der Waals surface area contributed by atoms with Gasteiger partial charge in [0.1, 0.15) is 17.0 Å². The lowest BCUT2D eigenvalue weighted by Gasteiger charge is -2.19. The van der Waals surface area contributed by atoms with Gasteiger partial charge in [0.05, 0.1) is 5.69 Å². The first-order chi connectivity index (χ1) is 12.8. The number of aromatic nitrogens is 2. The molecule has 28 heavy (non-hydrogen) atoms. The Morgan fingerprint density at radius 2 is 1.89 bits per heavy atom. The largest absolute Gasteiger partial charge is 0.478 e. The van der Waals surface area contributed by atoms with Crippen molar-refractivity contribution in [2.45, 2.75) is 32.5 Å². The molecule has 11 heteroatoms. The van der Waals surface area contributed by atoms with Crippen LogP contribution in [-0.4, -0.2) is 38.4 Å². The number of amides is 1. The number of alkyl carbamates (subject to hydrolysis) is 1. The second-order valence-electron chi connectivity index (χ2n) is 6.69. The van der Waals surface area contributed by atoms with Crippen molar-refractivity contribution in [1.82, 2.24) is 15.1 Å². The Morgan fingerprint density at radius 3 is 2.39 bits per heavy atom. The summed E-state index contributed by atoms with van der Waals surface area (Å²) in [6.45, 7) is 4.94. The second kappa shape index (κ2) is 7.33.